The first-order valence-electron chi connectivity index (χ1n) is 9.44. The summed E-state index contributed by atoms with van der Waals surface area (Å²) >= 11 is 11.3. The van der Waals surface area contributed by atoms with Gasteiger partial charge in [-0.1, -0.05) is 48.0 Å². The lowest BCUT2D eigenvalue weighted by Crippen LogP contribution is -2.32. The van der Waals surface area contributed by atoms with E-state index in [0.29, 0.717) is 22.0 Å². The highest BCUT2D eigenvalue weighted by Crippen LogP contribution is 2.20. The second kappa shape index (κ2) is 10.5. The highest BCUT2D eigenvalue weighted by molar-refractivity contribution is 7.80. The lowest BCUT2D eigenvalue weighted by molar-refractivity contribution is -0.115. The van der Waals surface area contributed by atoms with Crippen molar-refractivity contribution in [1.29, 1.82) is 0 Å². The number of rotatable bonds is 5. The van der Waals surface area contributed by atoms with Gasteiger partial charge in [-0.3, -0.25) is 14.9 Å². The minimum absolute atomic E-state index is 0.161. The highest BCUT2D eigenvalue weighted by atomic mass is 35.5. The number of carbonyl (C=O) groups is 2. The fourth-order valence-electron chi connectivity index (χ4n) is 2.76. The Morgan fingerprint density at radius 1 is 0.935 bits per heavy atom. The van der Waals surface area contributed by atoms with Crippen LogP contribution in [0.25, 0.3) is 6.08 Å². The number of carbonyl (C=O) groups excluding carboxylic acids is 2. The van der Waals surface area contributed by atoms with Crippen molar-refractivity contribution in [2.45, 2.75) is 6.92 Å². The number of aryl methyl sites for hydroxylation is 1. The fourth-order valence-corrected chi connectivity index (χ4v) is 3.17. The molecule has 3 rings (SSSR count). The van der Waals surface area contributed by atoms with E-state index in [-0.39, 0.29) is 16.9 Å². The van der Waals surface area contributed by atoms with E-state index in [1.807, 2.05) is 49.4 Å². The average Bonchev–Trinajstić information content (AvgIpc) is 2.75. The minimum atomic E-state index is -0.374. The van der Waals surface area contributed by atoms with E-state index in [2.05, 4.69) is 16.0 Å². The Kier molecular flexibility index (Phi) is 7.54. The van der Waals surface area contributed by atoms with Gasteiger partial charge in [-0.15, -0.1) is 0 Å². The average molecular weight is 450 g/mol. The van der Waals surface area contributed by atoms with Gasteiger partial charge in [0, 0.05) is 28.0 Å². The molecule has 31 heavy (non-hydrogen) atoms. The van der Waals surface area contributed by atoms with Gasteiger partial charge in [0.25, 0.3) is 5.91 Å². The summed E-state index contributed by atoms with van der Waals surface area (Å²) in [6, 6.07) is 21.6. The third kappa shape index (κ3) is 6.50. The van der Waals surface area contributed by atoms with Gasteiger partial charge in [0.1, 0.15) is 0 Å². The molecule has 0 heterocycles. The minimum Gasteiger partial charge on any atom is -0.332 e. The van der Waals surface area contributed by atoms with E-state index in [9.17, 15) is 9.59 Å². The van der Waals surface area contributed by atoms with Crippen molar-refractivity contribution in [3.63, 3.8) is 0 Å². The van der Waals surface area contributed by atoms with E-state index in [1.165, 1.54) is 6.08 Å². The number of benzene rings is 3. The van der Waals surface area contributed by atoms with E-state index in [4.69, 9.17) is 23.8 Å². The third-order valence-electron chi connectivity index (χ3n) is 4.32. The zero-order chi connectivity index (χ0) is 22.2. The molecule has 0 saturated heterocycles. The van der Waals surface area contributed by atoms with Crippen molar-refractivity contribution >= 4 is 58.2 Å². The molecule has 3 aromatic rings. The molecule has 0 aromatic heterocycles. The van der Waals surface area contributed by atoms with Crippen molar-refractivity contribution in [3.8, 4) is 0 Å². The van der Waals surface area contributed by atoms with Gasteiger partial charge in [-0.05, 0) is 72.7 Å². The number of amides is 2. The van der Waals surface area contributed by atoms with Gasteiger partial charge in [0.2, 0.25) is 5.91 Å². The highest BCUT2D eigenvalue weighted by Gasteiger charge is 2.08. The maximum Gasteiger partial charge on any atom is 0.255 e. The smallest absolute Gasteiger partial charge is 0.255 e. The summed E-state index contributed by atoms with van der Waals surface area (Å²) in [5.74, 6) is -0.557. The Labute approximate surface area is 191 Å². The largest absolute Gasteiger partial charge is 0.332 e. The topological polar surface area (TPSA) is 70.2 Å². The van der Waals surface area contributed by atoms with Crippen molar-refractivity contribution < 1.29 is 9.59 Å². The Balaban J connectivity index is 1.56. The number of thiocarbonyl (C=S) groups is 1. The summed E-state index contributed by atoms with van der Waals surface area (Å²) < 4.78 is 0. The van der Waals surface area contributed by atoms with Gasteiger partial charge in [-0.25, -0.2) is 0 Å². The summed E-state index contributed by atoms with van der Waals surface area (Å²) in [6.07, 6.45) is 2.98. The Morgan fingerprint density at radius 2 is 1.65 bits per heavy atom. The lowest BCUT2D eigenvalue weighted by atomic mass is 10.1. The van der Waals surface area contributed by atoms with Gasteiger partial charge < -0.3 is 10.6 Å². The molecule has 0 spiro atoms. The van der Waals surface area contributed by atoms with Gasteiger partial charge in [0.05, 0.1) is 0 Å². The van der Waals surface area contributed by atoms with Gasteiger partial charge >= 0.3 is 0 Å². The molecule has 7 heteroatoms. The second-order valence-electron chi connectivity index (χ2n) is 6.65. The van der Waals surface area contributed by atoms with Gasteiger partial charge in [-0.2, -0.15) is 0 Å². The van der Waals surface area contributed by atoms with Crippen molar-refractivity contribution in [2.24, 2.45) is 0 Å². The molecule has 0 radical (unpaired) electrons. The first-order chi connectivity index (χ1) is 14.9. The van der Waals surface area contributed by atoms with Crippen molar-refractivity contribution in [2.75, 3.05) is 10.6 Å². The van der Waals surface area contributed by atoms with Crippen LogP contribution in [0.1, 0.15) is 21.5 Å². The van der Waals surface area contributed by atoms with Crippen molar-refractivity contribution in [3.05, 3.63) is 101 Å². The molecule has 0 saturated carbocycles. The molecule has 0 aliphatic rings. The standard InChI is InChI=1S/C24H20ClN3O2S/c1-16-15-19(12-13-21(16)27-23(30)18-8-3-2-4-9-18)26-24(31)28-22(29)14-11-17-7-5-6-10-20(17)25/h2-15H,1H3,(H,27,30)(H2,26,28,29,31)/b14-11+. The molecule has 0 bridgehead atoms. The van der Waals surface area contributed by atoms with Crippen LogP contribution in [-0.4, -0.2) is 16.9 Å². The quantitative estimate of drug-likeness (QED) is 0.359. The van der Waals surface area contributed by atoms with Crippen LogP contribution in [0.15, 0.2) is 78.9 Å². The molecule has 3 N–H and O–H groups in total. The third-order valence-corrected chi connectivity index (χ3v) is 4.87. The molecule has 156 valence electrons. The van der Waals surface area contributed by atoms with E-state index in [0.717, 1.165) is 11.1 Å². The molecule has 0 unspecified atom stereocenters. The van der Waals surface area contributed by atoms with Gasteiger partial charge in [0.15, 0.2) is 5.11 Å². The Hall–Kier alpha value is -3.48. The molecule has 0 atom stereocenters. The van der Waals surface area contributed by atoms with E-state index >= 15 is 0 Å². The molecule has 0 aliphatic heterocycles. The van der Waals surface area contributed by atoms with Crippen LogP contribution < -0.4 is 16.0 Å². The molecular formula is C24H20ClN3O2S. The molecule has 0 fully saturated rings. The van der Waals surface area contributed by atoms with E-state index in [1.54, 1.807) is 36.4 Å². The summed E-state index contributed by atoms with van der Waals surface area (Å²) in [5, 5.41) is 9.16. The SMILES string of the molecule is Cc1cc(NC(=S)NC(=O)/C=C/c2ccccc2Cl)ccc1NC(=O)c1ccccc1. The predicted molar refractivity (Wildman–Crippen MR) is 130 cm³/mol. The van der Waals surface area contributed by atoms with Crippen LogP contribution in [0, 0.1) is 6.92 Å². The normalized spacial score (nSPS) is 10.5. The summed E-state index contributed by atoms with van der Waals surface area (Å²) in [4.78, 5) is 24.4. The number of anilines is 2. The maximum atomic E-state index is 12.3. The second-order valence-corrected chi connectivity index (χ2v) is 7.46. The summed E-state index contributed by atoms with van der Waals surface area (Å²) in [5.41, 5.74) is 3.55. The van der Waals surface area contributed by atoms with Crippen LogP contribution in [0.5, 0.6) is 0 Å². The summed E-state index contributed by atoms with van der Waals surface area (Å²) in [6.45, 7) is 1.87. The number of hydrogen-bond acceptors (Lipinski definition) is 3. The molecule has 5 nitrogen and oxygen atoms in total. The fraction of sp³-hybridized carbons (Fsp3) is 0.0417. The van der Waals surface area contributed by atoms with Crippen LogP contribution in [0.2, 0.25) is 5.02 Å². The maximum absolute atomic E-state index is 12.3. The lowest BCUT2D eigenvalue weighted by Gasteiger charge is -2.12. The van der Waals surface area contributed by atoms with Crippen LogP contribution in [0.3, 0.4) is 0 Å². The number of halogens is 1. The van der Waals surface area contributed by atoms with Crippen LogP contribution in [0.4, 0.5) is 11.4 Å². The molecule has 3 aromatic carbocycles. The monoisotopic (exact) mass is 449 g/mol. The number of hydrogen-bond donors (Lipinski definition) is 3. The summed E-state index contributed by atoms with van der Waals surface area (Å²) in [7, 11) is 0. The Bertz CT molecular complexity index is 1150. The van der Waals surface area contributed by atoms with Crippen LogP contribution >= 0.6 is 23.8 Å². The zero-order valence-corrected chi connectivity index (χ0v) is 18.3. The first kappa shape index (κ1) is 22.2. The number of nitrogens with one attached hydrogen (secondary N) is 3. The molecule has 0 aliphatic carbocycles. The Morgan fingerprint density at radius 3 is 2.35 bits per heavy atom. The van der Waals surface area contributed by atoms with E-state index < -0.39 is 0 Å². The van der Waals surface area contributed by atoms with Crippen LogP contribution in [-0.2, 0) is 4.79 Å². The first-order valence-corrected chi connectivity index (χ1v) is 10.2. The van der Waals surface area contributed by atoms with Crippen molar-refractivity contribution in [1.82, 2.24) is 5.32 Å². The molecular weight excluding hydrogens is 430 g/mol. The zero-order valence-electron chi connectivity index (χ0n) is 16.7. The molecule has 2 amide bonds. The predicted octanol–water partition coefficient (Wildman–Crippen LogP) is 5.43.